The molecule has 0 atom stereocenters. The number of benzene rings is 2. The van der Waals surface area contributed by atoms with Gasteiger partial charge in [0.25, 0.3) is 0 Å². The second kappa shape index (κ2) is 5.03. The van der Waals surface area contributed by atoms with Gasteiger partial charge in [-0.25, -0.2) is 9.97 Å². The smallest absolute Gasteiger partial charge is 0.323 e. The van der Waals surface area contributed by atoms with Gasteiger partial charge in [0.2, 0.25) is 0 Å². The van der Waals surface area contributed by atoms with Crippen molar-refractivity contribution in [1.82, 2.24) is 14.5 Å². The Kier molecular flexibility index (Phi) is 3.09. The number of carboxylic acids is 1. The van der Waals surface area contributed by atoms with Crippen molar-refractivity contribution < 1.29 is 9.90 Å². The third-order valence-corrected chi connectivity index (χ3v) is 4.35. The van der Waals surface area contributed by atoms with E-state index in [0.29, 0.717) is 5.65 Å². The van der Waals surface area contributed by atoms with Crippen molar-refractivity contribution in [2.24, 2.45) is 0 Å². The molecule has 114 valence electrons. The molecule has 0 aliphatic carbocycles. The van der Waals surface area contributed by atoms with E-state index in [2.05, 4.69) is 20.9 Å². The van der Waals surface area contributed by atoms with E-state index in [9.17, 15) is 9.90 Å². The van der Waals surface area contributed by atoms with Gasteiger partial charge in [0.05, 0.1) is 16.6 Å². The summed E-state index contributed by atoms with van der Waals surface area (Å²) in [6.45, 7) is 1.82. The summed E-state index contributed by atoms with van der Waals surface area (Å²) in [6, 6.07) is 11.5. The maximum atomic E-state index is 11.3. The SMILES string of the molecule is Cc1cc(Br)cc2c3nc4ccccc4nc3n(CC(=O)O)c12. The van der Waals surface area contributed by atoms with E-state index in [1.165, 1.54) is 0 Å². The molecule has 0 aliphatic rings. The fraction of sp³-hybridized carbons (Fsp3) is 0.118. The van der Waals surface area contributed by atoms with Crippen molar-refractivity contribution in [3.8, 4) is 0 Å². The highest BCUT2D eigenvalue weighted by molar-refractivity contribution is 9.10. The van der Waals surface area contributed by atoms with Crippen molar-refractivity contribution >= 4 is 55.0 Å². The topological polar surface area (TPSA) is 68.0 Å². The molecular formula is C17H12BrN3O2. The van der Waals surface area contributed by atoms with E-state index >= 15 is 0 Å². The van der Waals surface area contributed by atoms with E-state index in [4.69, 9.17) is 4.98 Å². The molecule has 4 rings (SSSR count). The van der Waals surface area contributed by atoms with Crippen LogP contribution in [0, 0.1) is 6.92 Å². The Bertz CT molecular complexity index is 1100. The predicted molar refractivity (Wildman–Crippen MR) is 92.6 cm³/mol. The van der Waals surface area contributed by atoms with E-state index < -0.39 is 5.97 Å². The summed E-state index contributed by atoms with van der Waals surface area (Å²) in [5.41, 5.74) is 4.73. The first-order chi connectivity index (χ1) is 11.0. The Morgan fingerprint density at radius 2 is 1.91 bits per heavy atom. The molecule has 2 aromatic heterocycles. The molecule has 1 N–H and O–H groups in total. The third kappa shape index (κ3) is 2.17. The molecule has 0 spiro atoms. The van der Waals surface area contributed by atoms with Gasteiger partial charge in [-0.2, -0.15) is 0 Å². The van der Waals surface area contributed by atoms with Crippen LogP contribution < -0.4 is 0 Å². The standard InChI is InChI=1S/C17H12BrN3O2/c1-9-6-10(18)7-11-15-17(21(16(9)11)8-14(22)23)20-13-5-3-2-4-12(13)19-15/h2-7H,8H2,1H3,(H,22,23). The summed E-state index contributed by atoms with van der Waals surface area (Å²) in [6.07, 6.45) is 0. The monoisotopic (exact) mass is 369 g/mol. The minimum absolute atomic E-state index is 0.143. The molecule has 5 nitrogen and oxygen atoms in total. The van der Waals surface area contributed by atoms with Gasteiger partial charge in [-0.15, -0.1) is 0 Å². The number of para-hydroxylation sites is 2. The van der Waals surface area contributed by atoms with Gasteiger partial charge in [-0.1, -0.05) is 28.1 Å². The summed E-state index contributed by atoms with van der Waals surface area (Å²) < 4.78 is 2.67. The zero-order chi connectivity index (χ0) is 16.1. The summed E-state index contributed by atoms with van der Waals surface area (Å²) in [4.78, 5) is 20.7. The van der Waals surface area contributed by atoms with Gasteiger partial charge in [-0.05, 0) is 36.8 Å². The Labute approximate surface area is 139 Å². The van der Waals surface area contributed by atoms with Crippen molar-refractivity contribution in [3.05, 3.63) is 46.4 Å². The normalized spacial score (nSPS) is 11.6. The average molecular weight is 370 g/mol. The molecule has 23 heavy (non-hydrogen) atoms. The van der Waals surface area contributed by atoms with Crippen LogP contribution in [0.4, 0.5) is 0 Å². The molecule has 2 heterocycles. The molecule has 4 aromatic rings. The van der Waals surface area contributed by atoms with Crippen LogP contribution in [0.5, 0.6) is 0 Å². The highest BCUT2D eigenvalue weighted by Gasteiger charge is 2.18. The third-order valence-electron chi connectivity index (χ3n) is 3.89. The van der Waals surface area contributed by atoms with Gasteiger partial charge < -0.3 is 9.67 Å². The summed E-state index contributed by atoms with van der Waals surface area (Å²) in [5, 5.41) is 10.2. The van der Waals surface area contributed by atoms with Gasteiger partial charge >= 0.3 is 5.97 Å². The largest absolute Gasteiger partial charge is 0.480 e. The van der Waals surface area contributed by atoms with Crippen molar-refractivity contribution in [1.29, 1.82) is 0 Å². The highest BCUT2D eigenvalue weighted by Crippen LogP contribution is 2.32. The molecule has 0 unspecified atom stereocenters. The lowest BCUT2D eigenvalue weighted by Crippen LogP contribution is -2.09. The minimum Gasteiger partial charge on any atom is -0.480 e. The summed E-state index contributed by atoms with van der Waals surface area (Å²) in [7, 11) is 0. The lowest BCUT2D eigenvalue weighted by atomic mass is 10.1. The molecular weight excluding hydrogens is 358 g/mol. The van der Waals surface area contributed by atoms with E-state index in [1.807, 2.05) is 43.3 Å². The number of hydrogen-bond acceptors (Lipinski definition) is 3. The molecule has 0 amide bonds. The number of fused-ring (bicyclic) bond motifs is 4. The number of nitrogens with zero attached hydrogens (tertiary/aromatic N) is 3. The summed E-state index contributed by atoms with van der Waals surface area (Å²) >= 11 is 3.51. The molecule has 2 aromatic carbocycles. The second-order valence-electron chi connectivity index (χ2n) is 5.48. The maximum absolute atomic E-state index is 11.3. The average Bonchev–Trinajstić information content (AvgIpc) is 2.78. The fourth-order valence-electron chi connectivity index (χ4n) is 3.03. The molecule has 0 saturated carbocycles. The van der Waals surface area contributed by atoms with Gasteiger partial charge in [-0.3, -0.25) is 4.79 Å². The maximum Gasteiger partial charge on any atom is 0.323 e. The van der Waals surface area contributed by atoms with Crippen LogP contribution in [0.25, 0.3) is 33.1 Å². The Morgan fingerprint density at radius 3 is 2.61 bits per heavy atom. The first-order valence-electron chi connectivity index (χ1n) is 7.11. The second-order valence-corrected chi connectivity index (χ2v) is 6.40. The first kappa shape index (κ1) is 14.1. The lowest BCUT2D eigenvalue weighted by Gasteiger charge is -2.05. The van der Waals surface area contributed by atoms with Gasteiger partial charge in [0, 0.05) is 9.86 Å². The number of aromatic nitrogens is 3. The van der Waals surface area contributed by atoms with Crippen LogP contribution in [-0.4, -0.2) is 25.6 Å². The number of aliphatic carboxylic acids is 1. The van der Waals surface area contributed by atoms with Crippen molar-refractivity contribution in [2.75, 3.05) is 0 Å². The number of carbonyl (C=O) groups is 1. The number of carboxylic acid groups (broad SMARTS) is 1. The van der Waals surface area contributed by atoms with Crippen LogP contribution in [-0.2, 0) is 11.3 Å². The molecule has 0 aliphatic heterocycles. The van der Waals surface area contributed by atoms with Gasteiger partial charge in [0.15, 0.2) is 5.65 Å². The van der Waals surface area contributed by atoms with E-state index in [-0.39, 0.29) is 6.54 Å². The lowest BCUT2D eigenvalue weighted by molar-refractivity contribution is -0.137. The Balaban J connectivity index is 2.24. The zero-order valence-corrected chi connectivity index (χ0v) is 13.8. The van der Waals surface area contributed by atoms with Crippen LogP contribution in [0.2, 0.25) is 0 Å². The highest BCUT2D eigenvalue weighted by atomic mass is 79.9. The fourth-order valence-corrected chi connectivity index (χ4v) is 3.60. The van der Waals surface area contributed by atoms with Crippen LogP contribution >= 0.6 is 15.9 Å². The van der Waals surface area contributed by atoms with Crippen LogP contribution in [0.15, 0.2) is 40.9 Å². The number of aryl methyl sites for hydroxylation is 1. The molecule has 0 fully saturated rings. The molecule has 6 heteroatoms. The first-order valence-corrected chi connectivity index (χ1v) is 7.90. The van der Waals surface area contributed by atoms with Crippen molar-refractivity contribution in [3.63, 3.8) is 0 Å². The van der Waals surface area contributed by atoms with E-state index in [0.717, 1.165) is 37.5 Å². The van der Waals surface area contributed by atoms with Crippen LogP contribution in [0.3, 0.4) is 0 Å². The molecule has 0 saturated heterocycles. The van der Waals surface area contributed by atoms with E-state index in [1.54, 1.807) is 4.57 Å². The minimum atomic E-state index is -0.902. The molecule has 0 radical (unpaired) electrons. The quantitative estimate of drug-likeness (QED) is 0.581. The molecule has 0 bridgehead atoms. The number of hydrogen-bond donors (Lipinski definition) is 1. The predicted octanol–water partition coefficient (Wildman–Crippen LogP) is 3.89. The zero-order valence-electron chi connectivity index (χ0n) is 12.2. The Morgan fingerprint density at radius 1 is 1.22 bits per heavy atom. The van der Waals surface area contributed by atoms with Gasteiger partial charge in [0.1, 0.15) is 12.1 Å². The van der Waals surface area contributed by atoms with Crippen LogP contribution in [0.1, 0.15) is 5.56 Å². The Hall–Kier alpha value is -2.47. The summed E-state index contributed by atoms with van der Waals surface area (Å²) in [5.74, 6) is -0.902. The number of rotatable bonds is 2. The van der Waals surface area contributed by atoms with Crippen molar-refractivity contribution in [2.45, 2.75) is 13.5 Å². The number of halogens is 1.